The van der Waals surface area contributed by atoms with Crippen LogP contribution in [0, 0.1) is 0 Å². The first kappa shape index (κ1) is 12.6. The minimum atomic E-state index is 0.448. The Morgan fingerprint density at radius 1 is 0.941 bits per heavy atom. The molecule has 2 rings (SSSR count). The normalized spacial score (nSPS) is 10.3. The molecule has 5 heteroatoms. The maximum absolute atomic E-state index is 6.04. The zero-order valence-electron chi connectivity index (χ0n) is 8.58. The molecule has 88 valence electrons. The molecule has 0 aliphatic carbocycles. The Morgan fingerprint density at radius 2 is 1.53 bits per heavy atom. The first-order valence-corrected chi connectivity index (χ1v) is 6.29. The maximum atomic E-state index is 6.04. The molecule has 0 aliphatic rings. The molecule has 0 aromatic heterocycles. The van der Waals surface area contributed by atoms with E-state index in [0.29, 0.717) is 27.2 Å². The van der Waals surface area contributed by atoms with Gasteiger partial charge in [0.25, 0.3) is 0 Å². The third-order valence-electron chi connectivity index (χ3n) is 2.07. The van der Waals surface area contributed by atoms with E-state index >= 15 is 0 Å². The molecular weight excluding hydrogens is 325 g/mol. The Hall–Kier alpha value is -0.900. The Kier molecular flexibility index (Phi) is 3.82. The van der Waals surface area contributed by atoms with Crippen LogP contribution in [0.15, 0.2) is 40.9 Å². The van der Waals surface area contributed by atoms with Crippen LogP contribution in [0.4, 0.5) is 5.69 Å². The molecule has 0 saturated carbocycles. The third-order valence-corrected chi connectivity index (χ3v) is 3.15. The van der Waals surface area contributed by atoms with Crippen LogP contribution in [0.1, 0.15) is 0 Å². The summed E-state index contributed by atoms with van der Waals surface area (Å²) in [5.74, 6) is 1.06. The van der Waals surface area contributed by atoms with E-state index in [-0.39, 0.29) is 0 Å². The standard InChI is InChI=1S/C12H8BrCl2NO/c13-7-1-3-11(9(14)5-7)17-12-4-2-8(16)6-10(12)15/h1-6H,16H2. The SMILES string of the molecule is Nc1ccc(Oc2ccc(Br)cc2Cl)c(Cl)c1. The first-order valence-electron chi connectivity index (χ1n) is 4.74. The lowest BCUT2D eigenvalue weighted by Gasteiger charge is -2.09. The second-order valence-electron chi connectivity index (χ2n) is 3.37. The number of halogens is 3. The summed E-state index contributed by atoms with van der Waals surface area (Å²) in [6, 6.07) is 10.4. The zero-order chi connectivity index (χ0) is 12.4. The summed E-state index contributed by atoms with van der Waals surface area (Å²) in [5, 5.41) is 0.955. The van der Waals surface area contributed by atoms with Crippen molar-refractivity contribution in [3.05, 3.63) is 50.9 Å². The van der Waals surface area contributed by atoms with Crippen LogP contribution in [0.25, 0.3) is 0 Å². The highest BCUT2D eigenvalue weighted by atomic mass is 79.9. The Morgan fingerprint density at radius 3 is 2.12 bits per heavy atom. The molecule has 0 fully saturated rings. The average Bonchev–Trinajstić information content (AvgIpc) is 2.25. The van der Waals surface area contributed by atoms with Crippen molar-refractivity contribution in [2.45, 2.75) is 0 Å². The third kappa shape index (κ3) is 3.06. The Labute approximate surface area is 117 Å². The van der Waals surface area contributed by atoms with E-state index in [9.17, 15) is 0 Å². The molecule has 2 aromatic carbocycles. The fourth-order valence-corrected chi connectivity index (χ4v) is 2.22. The van der Waals surface area contributed by atoms with Crippen molar-refractivity contribution in [2.24, 2.45) is 0 Å². The molecule has 0 bridgehead atoms. The number of anilines is 1. The number of rotatable bonds is 2. The van der Waals surface area contributed by atoms with Crippen molar-refractivity contribution in [2.75, 3.05) is 5.73 Å². The summed E-state index contributed by atoms with van der Waals surface area (Å²) in [4.78, 5) is 0. The highest BCUT2D eigenvalue weighted by Crippen LogP contribution is 2.35. The molecule has 0 unspecified atom stereocenters. The fraction of sp³-hybridized carbons (Fsp3) is 0. The van der Waals surface area contributed by atoms with Crippen LogP contribution >= 0.6 is 39.1 Å². The largest absolute Gasteiger partial charge is 0.454 e. The van der Waals surface area contributed by atoms with Crippen LogP contribution in [0.2, 0.25) is 10.0 Å². The molecule has 0 radical (unpaired) electrons. The summed E-state index contributed by atoms with van der Waals surface area (Å²) in [6.45, 7) is 0. The number of benzene rings is 2. The lowest BCUT2D eigenvalue weighted by Crippen LogP contribution is -1.89. The quantitative estimate of drug-likeness (QED) is 0.773. The monoisotopic (exact) mass is 331 g/mol. The maximum Gasteiger partial charge on any atom is 0.146 e. The first-order chi connectivity index (χ1) is 8.06. The van der Waals surface area contributed by atoms with Crippen LogP contribution in [0.3, 0.4) is 0 Å². The number of hydrogen-bond donors (Lipinski definition) is 1. The van der Waals surface area contributed by atoms with Gasteiger partial charge in [-0.05, 0) is 36.4 Å². The zero-order valence-corrected chi connectivity index (χ0v) is 11.7. The van der Waals surface area contributed by atoms with Gasteiger partial charge in [0.1, 0.15) is 11.5 Å². The molecular formula is C12H8BrCl2NO. The van der Waals surface area contributed by atoms with E-state index in [2.05, 4.69) is 15.9 Å². The van der Waals surface area contributed by atoms with E-state index in [1.165, 1.54) is 0 Å². The van der Waals surface area contributed by atoms with Gasteiger partial charge in [-0.25, -0.2) is 0 Å². The highest BCUT2D eigenvalue weighted by molar-refractivity contribution is 9.10. The van der Waals surface area contributed by atoms with Gasteiger partial charge in [0.2, 0.25) is 0 Å². The number of nitrogen functional groups attached to an aromatic ring is 1. The van der Waals surface area contributed by atoms with Crippen molar-refractivity contribution < 1.29 is 4.74 Å². The molecule has 0 amide bonds. The van der Waals surface area contributed by atoms with Gasteiger partial charge < -0.3 is 10.5 Å². The summed E-state index contributed by atoms with van der Waals surface area (Å²) in [5.41, 5.74) is 6.19. The van der Waals surface area contributed by atoms with Gasteiger partial charge in [0, 0.05) is 10.2 Å². The van der Waals surface area contributed by atoms with E-state index < -0.39 is 0 Å². The van der Waals surface area contributed by atoms with E-state index in [4.69, 9.17) is 33.7 Å². The van der Waals surface area contributed by atoms with Gasteiger partial charge in [-0.1, -0.05) is 39.1 Å². The minimum Gasteiger partial charge on any atom is -0.454 e. The minimum absolute atomic E-state index is 0.448. The van der Waals surface area contributed by atoms with Crippen LogP contribution in [-0.4, -0.2) is 0 Å². The second kappa shape index (κ2) is 5.17. The van der Waals surface area contributed by atoms with Crippen molar-refractivity contribution in [3.8, 4) is 11.5 Å². The second-order valence-corrected chi connectivity index (χ2v) is 5.10. The molecule has 2 N–H and O–H groups in total. The summed E-state index contributed by atoms with van der Waals surface area (Å²) in [7, 11) is 0. The molecule has 0 heterocycles. The van der Waals surface area contributed by atoms with Crippen LogP contribution < -0.4 is 10.5 Å². The Balaban J connectivity index is 2.31. The van der Waals surface area contributed by atoms with Crippen molar-refractivity contribution >= 4 is 44.8 Å². The summed E-state index contributed by atoms with van der Waals surface area (Å²) in [6.07, 6.45) is 0. The number of ether oxygens (including phenoxy) is 1. The van der Waals surface area contributed by atoms with E-state index in [1.54, 1.807) is 30.3 Å². The lowest BCUT2D eigenvalue weighted by atomic mass is 10.3. The number of hydrogen-bond acceptors (Lipinski definition) is 2. The van der Waals surface area contributed by atoms with Gasteiger partial charge in [-0.2, -0.15) is 0 Å². The molecule has 2 nitrogen and oxygen atoms in total. The predicted molar refractivity (Wildman–Crippen MR) is 75.1 cm³/mol. The molecule has 0 aliphatic heterocycles. The fourth-order valence-electron chi connectivity index (χ4n) is 1.28. The van der Waals surface area contributed by atoms with Crippen LogP contribution in [0.5, 0.6) is 11.5 Å². The van der Waals surface area contributed by atoms with Gasteiger partial charge in [0.05, 0.1) is 10.0 Å². The van der Waals surface area contributed by atoms with E-state index in [0.717, 1.165) is 4.47 Å². The summed E-state index contributed by atoms with van der Waals surface area (Å²) >= 11 is 15.4. The van der Waals surface area contributed by atoms with Crippen LogP contribution in [-0.2, 0) is 0 Å². The smallest absolute Gasteiger partial charge is 0.146 e. The predicted octanol–water partition coefficient (Wildman–Crippen LogP) is 5.13. The van der Waals surface area contributed by atoms with Gasteiger partial charge >= 0.3 is 0 Å². The van der Waals surface area contributed by atoms with Gasteiger partial charge in [-0.3, -0.25) is 0 Å². The van der Waals surface area contributed by atoms with Crippen molar-refractivity contribution in [1.29, 1.82) is 0 Å². The van der Waals surface area contributed by atoms with E-state index in [1.807, 2.05) is 6.07 Å². The molecule has 0 atom stereocenters. The van der Waals surface area contributed by atoms with Crippen molar-refractivity contribution in [3.63, 3.8) is 0 Å². The molecule has 2 aromatic rings. The highest BCUT2D eigenvalue weighted by Gasteiger charge is 2.07. The molecule has 17 heavy (non-hydrogen) atoms. The molecule has 0 spiro atoms. The number of nitrogens with two attached hydrogens (primary N) is 1. The van der Waals surface area contributed by atoms with Crippen molar-refractivity contribution in [1.82, 2.24) is 0 Å². The van der Waals surface area contributed by atoms with Gasteiger partial charge in [0.15, 0.2) is 0 Å². The lowest BCUT2D eigenvalue weighted by molar-refractivity contribution is 0.483. The topological polar surface area (TPSA) is 35.2 Å². The molecule has 0 saturated heterocycles. The van der Waals surface area contributed by atoms with Gasteiger partial charge in [-0.15, -0.1) is 0 Å². The Bertz CT molecular complexity index is 511. The average molecular weight is 333 g/mol. The summed E-state index contributed by atoms with van der Waals surface area (Å²) < 4.78 is 6.50.